The summed E-state index contributed by atoms with van der Waals surface area (Å²) < 4.78 is 0. The summed E-state index contributed by atoms with van der Waals surface area (Å²) in [6, 6.07) is 26.0. The smallest absolute Gasteiger partial charge is 0.142 e. The predicted octanol–water partition coefficient (Wildman–Crippen LogP) is 7.12. The van der Waals surface area contributed by atoms with Crippen LogP contribution in [0.5, 0.6) is 0 Å². The molecular weight excluding hydrogens is 458 g/mol. The van der Waals surface area contributed by atoms with Gasteiger partial charge in [0.05, 0.1) is 34.2 Å². The van der Waals surface area contributed by atoms with Gasteiger partial charge in [0.25, 0.3) is 0 Å². The van der Waals surface area contributed by atoms with Crippen LogP contribution in [-0.2, 0) is 0 Å². The minimum atomic E-state index is 0.837. The molecule has 0 bridgehead atoms. The molecule has 0 atom stereocenters. The summed E-state index contributed by atoms with van der Waals surface area (Å²) in [6.45, 7) is 0. The van der Waals surface area contributed by atoms with Gasteiger partial charge in [0.1, 0.15) is 10.0 Å². The van der Waals surface area contributed by atoms with E-state index >= 15 is 0 Å². The molecule has 0 saturated heterocycles. The van der Waals surface area contributed by atoms with E-state index in [2.05, 4.69) is 38.9 Å². The largest absolute Gasteiger partial charge is 0.255 e. The summed E-state index contributed by atoms with van der Waals surface area (Å²) in [5, 5.41) is 5.94. The normalized spacial score (nSPS) is 10.9. The molecule has 0 aliphatic heterocycles. The number of benzene rings is 1. The summed E-state index contributed by atoms with van der Waals surface area (Å²) in [5.74, 6) is 0. The highest BCUT2D eigenvalue weighted by Gasteiger charge is 2.12. The highest BCUT2D eigenvalue weighted by atomic mass is 32.1. The first kappa shape index (κ1) is 20.5. The molecule has 1 aromatic carbocycles. The second kappa shape index (κ2) is 9.05. The Morgan fingerprint density at radius 2 is 1.00 bits per heavy atom. The van der Waals surface area contributed by atoms with Gasteiger partial charge in [0.15, 0.2) is 0 Å². The molecule has 7 heteroatoms. The third-order valence-electron chi connectivity index (χ3n) is 5.24. The Bertz CT molecular complexity index is 1560. The van der Waals surface area contributed by atoms with Gasteiger partial charge in [-0.2, -0.15) is 0 Å². The van der Waals surface area contributed by atoms with Crippen LogP contribution < -0.4 is 0 Å². The number of hydrogen-bond donors (Lipinski definition) is 0. The first-order valence-electron chi connectivity index (χ1n) is 10.7. The van der Waals surface area contributed by atoms with Gasteiger partial charge < -0.3 is 0 Å². The van der Waals surface area contributed by atoms with Gasteiger partial charge in [-0.1, -0.05) is 36.4 Å². The zero-order chi connectivity index (χ0) is 22.7. The topological polar surface area (TPSA) is 64.5 Å². The summed E-state index contributed by atoms with van der Waals surface area (Å²) >= 11 is 3.19. The maximum Gasteiger partial charge on any atom is 0.142 e. The molecule has 0 amide bonds. The van der Waals surface area contributed by atoms with E-state index in [4.69, 9.17) is 15.0 Å². The van der Waals surface area contributed by atoms with E-state index in [0.29, 0.717) is 0 Å². The van der Waals surface area contributed by atoms with E-state index < -0.39 is 0 Å². The molecule has 162 valence electrons. The van der Waals surface area contributed by atoms with Crippen molar-refractivity contribution < 1.29 is 0 Å². The lowest BCUT2D eigenvalue weighted by atomic mass is 10.1. The maximum atomic E-state index is 4.88. The van der Waals surface area contributed by atoms with Gasteiger partial charge in [-0.05, 0) is 42.5 Å². The fourth-order valence-corrected chi connectivity index (χ4v) is 5.19. The van der Waals surface area contributed by atoms with Crippen LogP contribution in [0.2, 0.25) is 0 Å². The van der Waals surface area contributed by atoms with E-state index in [9.17, 15) is 0 Å². The number of hydrogen-bond acceptors (Lipinski definition) is 7. The van der Waals surface area contributed by atoms with Crippen LogP contribution in [0.1, 0.15) is 0 Å². The lowest BCUT2D eigenvalue weighted by Crippen LogP contribution is -1.89. The number of thiazole rings is 2. The number of nitrogens with zero attached hydrogens (tertiary/aromatic N) is 5. The first-order chi connectivity index (χ1) is 16.8. The quantitative estimate of drug-likeness (QED) is 0.266. The van der Waals surface area contributed by atoms with Crippen LogP contribution in [0.15, 0.2) is 102 Å². The Morgan fingerprint density at radius 1 is 0.441 bits per heavy atom. The van der Waals surface area contributed by atoms with Crippen molar-refractivity contribution in [2.75, 3.05) is 0 Å². The Hall–Kier alpha value is -4.07. The molecule has 0 radical (unpaired) electrons. The fourth-order valence-electron chi connectivity index (χ4n) is 3.59. The molecule has 0 unspecified atom stereocenters. The van der Waals surface area contributed by atoms with Crippen molar-refractivity contribution in [3.63, 3.8) is 0 Å². The summed E-state index contributed by atoms with van der Waals surface area (Å²) in [5.41, 5.74) is 7.38. The minimum absolute atomic E-state index is 0.837. The summed E-state index contributed by atoms with van der Waals surface area (Å²) in [4.78, 5) is 23.3. The van der Waals surface area contributed by atoms with Crippen molar-refractivity contribution in [1.82, 2.24) is 24.9 Å². The van der Waals surface area contributed by atoms with Crippen molar-refractivity contribution in [2.24, 2.45) is 0 Å². The minimum Gasteiger partial charge on any atom is -0.255 e. The Labute approximate surface area is 204 Å². The highest BCUT2D eigenvalue weighted by Crippen LogP contribution is 2.33. The van der Waals surface area contributed by atoms with Crippen molar-refractivity contribution >= 4 is 22.7 Å². The van der Waals surface area contributed by atoms with Gasteiger partial charge in [-0.15, -0.1) is 22.7 Å². The van der Waals surface area contributed by atoms with Crippen LogP contribution in [-0.4, -0.2) is 24.9 Å². The van der Waals surface area contributed by atoms with Crippen molar-refractivity contribution in [3.8, 4) is 55.3 Å². The molecule has 0 saturated carbocycles. The Balaban J connectivity index is 1.29. The van der Waals surface area contributed by atoms with E-state index in [1.54, 1.807) is 35.1 Å². The van der Waals surface area contributed by atoms with Crippen LogP contribution in [0.25, 0.3) is 55.3 Å². The first-order valence-corrected chi connectivity index (χ1v) is 12.4. The van der Waals surface area contributed by atoms with Crippen LogP contribution in [0.4, 0.5) is 0 Å². The van der Waals surface area contributed by atoms with E-state index in [1.165, 1.54) is 0 Å². The second-order valence-electron chi connectivity index (χ2n) is 7.49. The summed E-state index contributed by atoms with van der Waals surface area (Å²) in [6.07, 6.45) is 3.57. The third-order valence-corrected chi connectivity index (χ3v) is 6.97. The molecular formula is C27H17N5S2. The van der Waals surface area contributed by atoms with Crippen LogP contribution in [0, 0.1) is 0 Å². The molecule has 34 heavy (non-hydrogen) atoms. The molecule has 0 N–H and O–H groups in total. The van der Waals surface area contributed by atoms with Gasteiger partial charge in [0.2, 0.25) is 0 Å². The monoisotopic (exact) mass is 475 g/mol. The highest BCUT2D eigenvalue weighted by molar-refractivity contribution is 7.13. The van der Waals surface area contributed by atoms with Crippen molar-refractivity contribution in [3.05, 3.63) is 102 Å². The molecule has 0 spiro atoms. The predicted molar refractivity (Wildman–Crippen MR) is 138 cm³/mol. The Morgan fingerprint density at radius 3 is 1.65 bits per heavy atom. The average Bonchev–Trinajstić information content (AvgIpc) is 3.61. The molecule has 5 nitrogen and oxygen atoms in total. The zero-order valence-electron chi connectivity index (χ0n) is 17.9. The molecule has 6 rings (SSSR count). The summed E-state index contributed by atoms with van der Waals surface area (Å²) in [7, 11) is 0. The van der Waals surface area contributed by atoms with Crippen molar-refractivity contribution in [1.29, 1.82) is 0 Å². The lowest BCUT2D eigenvalue weighted by Gasteiger charge is -2.02. The van der Waals surface area contributed by atoms with Crippen molar-refractivity contribution in [2.45, 2.75) is 0 Å². The van der Waals surface area contributed by atoms with Gasteiger partial charge >= 0.3 is 0 Å². The standard InChI is InChI=1S/C27H17N5S2/c1-3-13-28-20(9-1)21-11-6-12-23(30-21)27-32-25(17-34-27)19-8-5-7-18(15-19)24-16-33-26(31-24)22-10-2-4-14-29-22/h1-17H. The van der Waals surface area contributed by atoms with Gasteiger partial charge in [-0.25, -0.2) is 15.0 Å². The number of rotatable bonds is 5. The maximum absolute atomic E-state index is 4.88. The zero-order valence-corrected chi connectivity index (χ0v) is 19.5. The van der Waals surface area contributed by atoms with Crippen LogP contribution >= 0.6 is 22.7 Å². The average molecular weight is 476 g/mol. The van der Waals surface area contributed by atoms with Gasteiger partial charge in [-0.3, -0.25) is 9.97 Å². The van der Waals surface area contributed by atoms with E-state index in [1.807, 2.05) is 60.7 Å². The van der Waals surface area contributed by atoms with Crippen LogP contribution in [0.3, 0.4) is 0 Å². The molecule has 0 aliphatic carbocycles. The van der Waals surface area contributed by atoms with E-state index in [0.717, 1.165) is 55.3 Å². The molecule has 6 aromatic rings. The molecule has 5 heterocycles. The number of aromatic nitrogens is 5. The second-order valence-corrected chi connectivity index (χ2v) is 9.21. The fraction of sp³-hybridized carbons (Fsp3) is 0. The SMILES string of the molecule is c1ccc(-c2cccc(-c3nc(-c4cccc(-c5csc(-c6ccccn6)n5)c4)cs3)n2)nc1. The van der Waals surface area contributed by atoms with Gasteiger partial charge in [0, 0.05) is 34.3 Å². The lowest BCUT2D eigenvalue weighted by molar-refractivity contribution is 1.24. The molecule has 0 fully saturated rings. The Kier molecular flexibility index (Phi) is 5.47. The number of pyridine rings is 3. The molecule has 0 aliphatic rings. The molecule has 5 aromatic heterocycles. The van der Waals surface area contributed by atoms with E-state index in [-0.39, 0.29) is 0 Å². The third kappa shape index (κ3) is 4.14.